The number of fused-ring (bicyclic) bond motifs is 10. The molecule has 0 spiro atoms. The monoisotopic (exact) mass is 864 g/mol. The molecule has 68 heavy (non-hydrogen) atoms. The Morgan fingerprint density at radius 3 is 1.63 bits per heavy atom. The van der Waals surface area contributed by atoms with Crippen LogP contribution in [0.5, 0.6) is 0 Å². The number of benzene rings is 11. The number of nitrogens with zero attached hydrogens (tertiary/aromatic N) is 4. The first-order chi connectivity index (χ1) is 33.7. The highest BCUT2D eigenvalue weighted by atomic mass is 15.0. The van der Waals surface area contributed by atoms with Gasteiger partial charge < -0.3 is 9.13 Å². The molecule has 3 heterocycles. The Morgan fingerprint density at radius 2 is 0.868 bits per heavy atom. The maximum atomic E-state index is 5.20. The van der Waals surface area contributed by atoms with Gasteiger partial charge in [0.2, 0.25) is 0 Å². The predicted octanol–water partition coefficient (Wildman–Crippen LogP) is 16.8. The zero-order chi connectivity index (χ0) is 44.7. The Bertz CT molecular complexity index is 4240. The summed E-state index contributed by atoms with van der Waals surface area (Å²) >= 11 is 0. The fraction of sp³-hybridized carbons (Fsp3) is 0. The highest BCUT2D eigenvalue weighted by Crippen LogP contribution is 2.44. The lowest BCUT2D eigenvalue weighted by Gasteiger charge is -2.14. The van der Waals surface area contributed by atoms with Crippen LogP contribution in [0.4, 0.5) is 0 Å². The third kappa shape index (κ3) is 6.08. The lowest BCUT2D eigenvalue weighted by molar-refractivity contribution is 1.17. The highest BCUT2D eigenvalue weighted by Gasteiger charge is 2.22. The van der Waals surface area contributed by atoms with E-state index in [1.807, 2.05) is 12.1 Å². The second kappa shape index (κ2) is 15.2. The molecule has 0 aliphatic carbocycles. The molecular formula is C64H40N4. The Hall–Kier alpha value is -9.12. The minimum atomic E-state index is 0.693. The summed E-state index contributed by atoms with van der Waals surface area (Å²) in [6, 6.07) is 87.7. The first-order valence-corrected chi connectivity index (χ1v) is 23.2. The van der Waals surface area contributed by atoms with Crippen molar-refractivity contribution in [3.05, 3.63) is 243 Å². The van der Waals surface area contributed by atoms with E-state index in [4.69, 9.17) is 9.97 Å². The molecule has 11 aromatic carbocycles. The van der Waals surface area contributed by atoms with Gasteiger partial charge in [0.1, 0.15) is 0 Å². The average molecular weight is 865 g/mol. The van der Waals surface area contributed by atoms with Crippen molar-refractivity contribution in [3.63, 3.8) is 0 Å². The Balaban J connectivity index is 1.04. The van der Waals surface area contributed by atoms with E-state index >= 15 is 0 Å². The molecule has 0 N–H and O–H groups in total. The standard InChI is InChI=1S/C64H40N4/c1-4-15-41(16-5-1)47-28-33-53-54-38-55-62(67(50-31-27-42-17-10-11-23-46(42)36-50)59-34-30-43-18-12-13-25-52(43)63(55)59)40-61(54)68(60(53)37-47)58-26-14-24-48-35-49(29-32-51(48)58)64-65-56(44-19-6-2-7-20-44)39-57(66-64)45-21-8-3-9-22-45/h1-40H. The SMILES string of the molecule is c1ccc(-c2ccc3c4cc5c6c7ccccc7ccc6n(-c6ccc7ccccc7c6)c5cc4n(-c4cccc5cc(-c6nc(-c7ccccc7)cc(-c7ccccc7)n6)ccc45)c3c2)cc1. The van der Waals surface area contributed by atoms with E-state index in [1.54, 1.807) is 0 Å². The van der Waals surface area contributed by atoms with Crippen molar-refractivity contribution in [2.45, 2.75) is 0 Å². The van der Waals surface area contributed by atoms with Gasteiger partial charge in [-0.1, -0.05) is 188 Å². The second-order valence-electron chi connectivity index (χ2n) is 17.8. The van der Waals surface area contributed by atoms with E-state index in [-0.39, 0.29) is 0 Å². The fourth-order valence-corrected chi connectivity index (χ4v) is 10.7. The zero-order valence-electron chi connectivity index (χ0n) is 36.9. The molecule has 316 valence electrons. The molecule has 0 unspecified atom stereocenters. The minimum absolute atomic E-state index is 0.693. The average Bonchev–Trinajstić information content (AvgIpc) is 3.91. The smallest absolute Gasteiger partial charge is 0.160 e. The van der Waals surface area contributed by atoms with E-state index in [1.165, 1.54) is 65.3 Å². The van der Waals surface area contributed by atoms with Gasteiger partial charge in [-0.25, -0.2) is 9.97 Å². The normalized spacial score (nSPS) is 11.8. The first kappa shape index (κ1) is 38.2. The molecule has 4 heteroatoms. The van der Waals surface area contributed by atoms with Gasteiger partial charge in [-0.2, -0.15) is 0 Å². The first-order valence-electron chi connectivity index (χ1n) is 23.2. The van der Waals surface area contributed by atoms with Crippen molar-refractivity contribution in [1.82, 2.24) is 19.1 Å². The van der Waals surface area contributed by atoms with Crippen LogP contribution in [0.15, 0.2) is 243 Å². The lowest BCUT2D eigenvalue weighted by atomic mass is 10.0. The maximum Gasteiger partial charge on any atom is 0.160 e. The Labute approximate surface area is 392 Å². The second-order valence-corrected chi connectivity index (χ2v) is 17.8. The quantitative estimate of drug-likeness (QED) is 0.167. The summed E-state index contributed by atoms with van der Waals surface area (Å²) in [5, 5.41) is 12.1. The minimum Gasteiger partial charge on any atom is -0.309 e. The third-order valence-electron chi connectivity index (χ3n) is 13.9. The van der Waals surface area contributed by atoms with E-state index in [0.29, 0.717) is 5.82 Å². The van der Waals surface area contributed by atoms with Gasteiger partial charge in [-0.3, -0.25) is 0 Å². The van der Waals surface area contributed by atoms with Gasteiger partial charge in [0.05, 0.1) is 39.1 Å². The molecule has 0 saturated carbocycles. The summed E-state index contributed by atoms with van der Waals surface area (Å²) in [5.41, 5.74) is 14.1. The summed E-state index contributed by atoms with van der Waals surface area (Å²) in [4.78, 5) is 10.4. The van der Waals surface area contributed by atoms with Gasteiger partial charge in [0.15, 0.2) is 5.82 Å². The van der Waals surface area contributed by atoms with Crippen molar-refractivity contribution in [1.29, 1.82) is 0 Å². The number of aromatic nitrogens is 4. The number of rotatable bonds is 6. The molecule has 3 aromatic heterocycles. The van der Waals surface area contributed by atoms with Gasteiger partial charge in [0.25, 0.3) is 0 Å². The summed E-state index contributed by atoms with van der Waals surface area (Å²) in [6.45, 7) is 0. The van der Waals surface area contributed by atoms with Crippen LogP contribution in [0.25, 0.3) is 132 Å². The largest absolute Gasteiger partial charge is 0.309 e. The van der Waals surface area contributed by atoms with E-state index < -0.39 is 0 Å². The van der Waals surface area contributed by atoms with E-state index in [2.05, 4.69) is 240 Å². The fourth-order valence-electron chi connectivity index (χ4n) is 10.7. The summed E-state index contributed by atoms with van der Waals surface area (Å²) < 4.78 is 4.97. The van der Waals surface area contributed by atoms with Crippen molar-refractivity contribution in [3.8, 4) is 56.4 Å². The van der Waals surface area contributed by atoms with Crippen LogP contribution in [0.3, 0.4) is 0 Å². The van der Waals surface area contributed by atoms with Crippen molar-refractivity contribution >= 4 is 75.9 Å². The topological polar surface area (TPSA) is 35.6 Å². The van der Waals surface area contributed by atoms with Crippen LogP contribution in [0.1, 0.15) is 0 Å². The van der Waals surface area contributed by atoms with Crippen LogP contribution < -0.4 is 0 Å². The predicted molar refractivity (Wildman–Crippen MR) is 285 cm³/mol. The van der Waals surface area contributed by atoms with Crippen LogP contribution in [-0.2, 0) is 0 Å². The summed E-state index contributed by atoms with van der Waals surface area (Å²) in [7, 11) is 0. The van der Waals surface area contributed by atoms with Crippen molar-refractivity contribution < 1.29 is 0 Å². The third-order valence-corrected chi connectivity index (χ3v) is 13.9. The van der Waals surface area contributed by atoms with Gasteiger partial charge in [-0.15, -0.1) is 0 Å². The van der Waals surface area contributed by atoms with Crippen molar-refractivity contribution in [2.24, 2.45) is 0 Å². The molecule has 14 aromatic rings. The summed E-state index contributed by atoms with van der Waals surface area (Å²) in [6.07, 6.45) is 0. The number of hydrogen-bond acceptors (Lipinski definition) is 2. The van der Waals surface area contributed by atoms with E-state index in [9.17, 15) is 0 Å². The highest BCUT2D eigenvalue weighted by molar-refractivity contribution is 6.25. The Morgan fingerprint density at radius 1 is 0.265 bits per heavy atom. The summed E-state index contributed by atoms with van der Waals surface area (Å²) in [5.74, 6) is 0.693. The van der Waals surface area contributed by atoms with Crippen LogP contribution in [-0.4, -0.2) is 19.1 Å². The zero-order valence-corrected chi connectivity index (χ0v) is 36.9. The van der Waals surface area contributed by atoms with Crippen LogP contribution >= 0.6 is 0 Å². The molecule has 0 bridgehead atoms. The molecule has 0 radical (unpaired) electrons. The van der Waals surface area contributed by atoms with Gasteiger partial charge in [0, 0.05) is 49.3 Å². The molecule has 0 fully saturated rings. The lowest BCUT2D eigenvalue weighted by Crippen LogP contribution is -1.98. The maximum absolute atomic E-state index is 5.20. The molecular weight excluding hydrogens is 825 g/mol. The molecule has 14 rings (SSSR count). The Kier molecular flexibility index (Phi) is 8.55. The van der Waals surface area contributed by atoms with Crippen molar-refractivity contribution in [2.75, 3.05) is 0 Å². The molecule has 0 aliphatic heterocycles. The van der Waals surface area contributed by atoms with Crippen LogP contribution in [0, 0.1) is 0 Å². The molecule has 0 saturated heterocycles. The molecule has 0 atom stereocenters. The molecule has 0 aliphatic rings. The number of hydrogen-bond donors (Lipinski definition) is 0. The van der Waals surface area contributed by atoms with E-state index in [0.717, 1.165) is 61.3 Å². The van der Waals surface area contributed by atoms with Gasteiger partial charge in [-0.05, 0) is 92.7 Å². The van der Waals surface area contributed by atoms with Crippen LogP contribution in [0.2, 0.25) is 0 Å². The molecule has 0 amide bonds. The van der Waals surface area contributed by atoms with Gasteiger partial charge >= 0.3 is 0 Å². The molecule has 4 nitrogen and oxygen atoms in total.